The van der Waals surface area contributed by atoms with Gasteiger partial charge < -0.3 is 9.47 Å². The number of rotatable bonds is 6. The molecule has 0 aliphatic carbocycles. The van der Waals surface area contributed by atoms with Gasteiger partial charge in [-0.2, -0.15) is 0 Å². The second kappa shape index (κ2) is 6.67. The van der Waals surface area contributed by atoms with E-state index in [0.717, 1.165) is 17.1 Å². The van der Waals surface area contributed by atoms with Crippen LogP contribution in [0, 0.1) is 0 Å². The topological polar surface area (TPSA) is 18.5 Å². The van der Waals surface area contributed by atoms with Gasteiger partial charge in [0, 0.05) is 17.3 Å². The number of hydrogen-bond acceptors (Lipinski definition) is 2. The van der Waals surface area contributed by atoms with Crippen LogP contribution in [0.1, 0.15) is 12.0 Å². The Morgan fingerprint density at radius 2 is 2.20 bits per heavy atom. The number of alkyl halides is 2. The molecule has 0 atom stereocenters. The van der Waals surface area contributed by atoms with Crippen molar-refractivity contribution in [2.75, 3.05) is 20.4 Å². The van der Waals surface area contributed by atoms with Crippen LogP contribution in [0.15, 0.2) is 18.2 Å². The molecule has 0 bridgehead atoms. The van der Waals surface area contributed by atoms with Gasteiger partial charge in [-0.15, -0.1) is 0 Å². The molecule has 84 valence electrons. The van der Waals surface area contributed by atoms with Crippen LogP contribution in [0.4, 0.5) is 4.39 Å². The molecule has 0 N–H and O–H groups in total. The molecule has 4 heteroatoms. The van der Waals surface area contributed by atoms with E-state index in [1.807, 2.05) is 18.2 Å². The third kappa shape index (κ3) is 3.70. The number of benzene rings is 1. The smallest absolute Gasteiger partial charge is 0.123 e. The van der Waals surface area contributed by atoms with Crippen molar-refractivity contribution in [2.45, 2.75) is 11.8 Å². The number of hydrogen-bond donors (Lipinski definition) is 0. The predicted octanol–water partition coefficient (Wildman–Crippen LogP) is 3.33. The van der Waals surface area contributed by atoms with Gasteiger partial charge in [-0.05, 0) is 18.2 Å². The van der Waals surface area contributed by atoms with Gasteiger partial charge >= 0.3 is 0 Å². The Morgan fingerprint density at radius 1 is 1.40 bits per heavy atom. The average molecular weight is 277 g/mol. The van der Waals surface area contributed by atoms with Crippen molar-refractivity contribution >= 4 is 15.9 Å². The van der Waals surface area contributed by atoms with Gasteiger partial charge in [-0.25, -0.2) is 0 Å². The van der Waals surface area contributed by atoms with Crippen LogP contribution >= 0.6 is 15.9 Å². The fourth-order valence-corrected chi connectivity index (χ4v) is 1.60. The predicted molar refractivity (Wildman–Crippen MR) is 61.7 cm³/mol. The fourth-order valence-electron chi connectivity index (χ4n) is 1.16. The van der Waals surface area contributed by atoms with E-state index in [4.69, 9.17) is 9.47 Å². The molecule has 0 aliphatic rings. The first-order valence-electron chi connectivity index (χ1n) is 4.73. The van der Waals surface area contributed by atoms with Gasteiger partial charge in [0.1, 0.15) is 11.5 Å². The minimum atomic E-state index is -0.347. The third-order valence-electron chi connectivity index (χ3n) is 1.95. The zero-order chi connectivity index (χ0) is 11.1. The maximum Gasteiger partial charge on any atom is 0.123 e. The summed E-state index contributed by atoms with van der Waals surface area (Å²) in [5.41, 5.74) is 1.01. The van der Waals surface area contributed by atoms with Crippen LogP contribution in [0.25, 0.3) is 0 Å². The Kier molecular flexibility index (Phi) is 5.47. The summed E-state index contributed by atoms with van der Waals surface area (Å²) in [5, 5.41) is 0.690. The van der Waals surface area contributed by atoms with E-state index in [1.54, 1.807) is 7.11 Å². The molecule has 1 aromatic carbocycles. The lowest BCUT2D eigenvalue weighted by molar-refractivity contribution is 0.287. The van der Waals surface area contributed by atoms with E-state index in [-0.39, 0.29) is 6.67 Å². The standard InChI is InChI=1S/C11H14BrFO2/c1-14-10-3-4-11(9(7-10)8-12)15-6-2-5-13/h3-4,7H,2,5-6,8H2,1H3. The van der Waals surface area contributed by atoms with E-state index in [9.17, 15) is 4.39 Å². The molecule has 0 fully saturated rings. The van der Waals surface area contributed by atoms with Crippen molar-refractivity contribution in [3.63, 3.8) is 0 Å². The highest BCUT2D eigenvalue weighted by Gasteiger charge is 2.04. The molecule has 1 rings (SSSR count). The maximum absolute atomic E-state index is 11.9. The van der Waals surface area contributed by atoms with Crippen LogP contribution in [0.3, 0.4) is 0 Å². The summed E-state index contributed by atoms with van der Waals surface area (Å²) >= 11 is 3.37. The zero-order valence-electron chi connectivity index (χ0n) is 8.63. The first-order chi connectivity index (χ1) is 7.31. The maximum atomic E-state index is 11.9. The molecule has 0 aromatic heterocycles. The molecule has 0 aliphatic heterocycles. The molecule has 15 heavy (non-hydrogen) atoms. The van der Waals surface area contributed by atoms with Gasteiger partial charge in [-0.1, -0.05) is 15.9 Å². The highest BCUT2D eigenvalue weighted by Crippen LogP contribution is 2.26. The van der Waals surface area contributed by atoms with Crippen molar-refractivity contribution in [3.05, 3.63) is 23.8 Å². The Bertz CT molecular complexity index is 305. The van der Waals surface area contributed by atoms with E-state index in [2.05, 4.69) is 15.9 Å². The lowest BCUT2D eigenvalue weighted by Crippen LogP contribution is -2.00. The number of ether oxygens (including phenoxy) is 2. The number of methoxy groups -OCH3 is 1. The van der Waals surface area contributed by atoms with E-state index < -0.39 is 0 Å². The van der Waals surface area contributed by atoms with Crippen LogP contribution in [-0.2, 0) is 5.33 Å². The average Bonchev–Trinajstić information content (AvgIpc) is 2.29. The van der Waals surface area contributed by atoms with Crippen LogP contribution in [-0.4, -0.2) is 20.4 Å². The molecule has 0 amide bonds. The molecule has 0 spiro atoms. The van der Waals surface area contributed by atoms with Crippen LogP contribution in [0.5, 0.6) is 11.5 Å². The van der Waals surface area contributed by atoms with Crippen molar-refractivity contribution in [2.24, 2.45) is 0 Å². The molecular weight excluding hydrogens is 263 g/mol. The first-order valence-corrected chi connectivity index (χ1v) is 5.85. The Morgan fingerprint density at radius 3 is 2.80 bits per heavy atom. The van der Waals surface area contributed by atoms with Crippen LogP contribution < -0.4 is 9.47 Å². The summed E-state index contributed by atoms with van der Waals surface area (Å²) in [5.74, 6) is 1.57. The highest BCUT2D eigenvalue weighted by molar-refractivity contribution is 9.08. The summed E-state index contributed by atoms with van der Waals surface area (Å²) in [6.45, 7) is 0.0582. The zero-order valence-corrected chi connectivity index (χ0v) is 10.2. The minimum absolute atomic E-state index is 0.347. The number of halogens is 2. The van der Waals surface area contributed by atoms with Gasteiger partial charge in [0.2, 0.25) is 0 Å². The molecular formula is C11H14BrFO2. The summed E-state index contributed by atoms with van der Waals surface area (Å²) in [4.78, 5) is 0. The van der Waals surface area contributed by atoms with E-state index in [1.165, 1.54) is 0 Å². The van der Waals surface area contributed by atoms with Crippen molar-refractivity contribution in [3.8, 4) is 11.5 Å². The van der Waals surface area contributed by atoms with Crippen molar-refractivity contribution in [1.29, 1.82) is 0 Å². The quantitative estimate of drug-likeness (QED) is 0.586. The fraction of sp³-hybridized carbons (Fsp3) is 0.455. The molecule has 0 heterocycles. The van der Waals surface area contributed by atoms with Crippen molar-refractivity contribution < 1.29 is 13.9 Å². The molecule has 2 nitrogen and oxygen atoms in total. The molecule has 0 radical (unpaired) electrons. The largest absolute Gasteiger partial charge is 0.497 e. The highest BCUT2D eigenvalue weighted by atomic mass is 79.9. The summed E-state index contributed by atoms with van der Waals surface area (Å²) in [6.07, 6.45) is 0.424. The first kappa shape index (κ1) is 12.3. The van der Waals surface area contributed by atoms with E-state index >= 15 is 0 Å². The monoisotopic (exact) mass is 276 g/mol. The second-order valence-corrected chi connectivity index (χ2v) is 3.56. The SMILES string of the molecule is COc1ccc(OCCCF)c(CBr)c1. The molecule has 0 unspecified atom stereocenters. The van der Waals surface area contributed by atoms with Gasteiger partial charge in [0.25, 0.3) is 0 Å². The summed E-state index contributed by atoms with van der Waals surface area (Å²) in [6, 6.07) is 5.57. The molecule has 0 saturated heterocycles. The van der Waals surface area contributed by atoms with Crippen molar-refractivity contribution in [1.82, 2.24) is 0 Å². The Balaban J connectivity index is 2.69. The Labute approximate surface area is 97.5 Å². The lowest BCUT2D eigenvalue weighted by Gasteiger charge is -2.10. The van der Waals surface area contributed by atoms with Gasteiger partial charge in [0.15, 0.2) is 0 Å². The van der Waals surface area contributed by atoms with E-state index in [0.29, 0.717) is 18.4 Å². The minimum Gasteiger partial charge on any atom is -0.497 e. The van der Waals surface area contributed by atoms with Gasteiger partial charge in [-0.3, -0.25) is 4.39 Å². The summed E-state index contributed by atoms with van der Waals surface area (Å²) < 4.78 is 22.4. The molecule has 0 saturated carbocycles. The third-order valence-corrected chi connectivity index (χ3v) is 2.55. The van der Waals surface area contributed by atoms with Gasteiger partial charge in [0.05, 0.1) is 20.4 Å². The Hall–Kier alpha value is -0.770. The lowest BCUT2D eigenvalue weighted by atomic mass is 10.2. The second-order valence-electron chi connectivity index (χ2n) is 3.00. The summed E-state index contributed by atoms with van der Waals surface area (Å²) in [7, 11) is 1.62. The normalized spacial score (nSPS) is 10.1. The van der Waals surface area contributed by atoms with Crippen LogP contribution in [0.2, 0.25) is 0 Å². The molecule has 1 aromatic rings.